The number of para-hydroxylation sites is 4. The van der Waals surface area contributed by atoms with Crippen LogP contribution in [0.2, 0.25) is 0 Å². The van der Waals surface area contributed by atoms with Gasteiger partial charge in [-0.1, -0.05) is 91.0 Å². The topological polar surface area (TPSA) is 22.8 Å². The third-order valence-corrected chi connectivity index (χ3v) is 8.31. The Kier molecular flexibility index (Phi) is 4.33. The van der Waals surface area contributed by atoms with Crippen LogP contribution in [0.25, 0.3) is 76.7 Å². The van der Waals surface area contributed by atoms with Crippen LogP contribution in [0.1, 0.15) is 0 Å². The molecule has 0 N–H and O–H groups in total. The molecule has 0 fully saturated rings. The molecule has 3 heteroatoms. The molecule has 0 amide bonds. The fourth-order valence-corrected chi connectivity index (χ4v) is 6.57. The van der Waals surface area contributed by atoms with Crippen LogP contribution in [0.3, 0.4) is 0 Å². The van der Waals surface area contributed by atoms with Gasteiger partial charge in [-0.15, -0.1) is 0 Å². The van der Waals surface area contributed by atoms with Gasteiger partial charge < -0.3 is 9.13 Å². The molecule has 0 bridgehead atoms. The molecule has 0 unspecified atom stereocenters. The predicted octanol–water partition coefficient (Wildman–Crippen LogP) is 9.58. The monoisotopic (exact) mass is 509 g/mol. The zero-order valence-corrected chi connectivity index (χ0v) is 21.6. The van der Waals surface area contributed by atoms with E-state index < -0.39 is 0 Å². The number of fused-ring (bicyclic) bond motifs is 9. The SMILES string of the molecule is c1ccc2c(c1)c1ccccc1n2-c1ccc2c(ccc3cc(-n4c5ccccc5c5ccccc54)cnc32)c1. The molecule has 9 rings (SSSR count). The molecule has 0 spiro atoms. The number of benzene rings is 6. The molecular formula is C37H23N3. The summed E-state index contributed by atoms with van der Waals surface area (Å²) in [5.41, 5.74) is 8.09. The van der Waals surface area contributed by atoms with E-state index in [0.29, 0.717) is 0 Å². The normalized spacial score (nSPS) is 12.0. The summed E-state index contributed by atoms with van der Waals surface area (Å²) in [6.45, 7) is 0. The van der Waals surface area contributed by atoms with Gasteiger partial charge >= 0.3 is 0 Å². The van der Waals surface area contributed by atoms with Gasteiger partial charge in [0.25, 0.3) is 0 Å². The van der Waals surface area contributed by atoms with Crippen LogP contribution >= 0.6 is 0 Å². The lowest BCUT2D eigenvalue weighted by Crippen LogP contribution is -1.96. The molecule has 3 nitrogen and oxygen atoms in total. The maximum absolute atomic E-state index is 5.04. The first-order valence-corrected chi connectivity index (χ1v) is 13.6. The maximum Gasteiger partial charge on any atom is 0.0781 e. The number of rotatable bonds is 2. The van der Waals surface area contributed by atoms with E-state index in [1.165, 1.54) is 49.0 Å². The summed E-state index contributed by atoms with van der Waals surface area (Å²) in [6.07, 6.45) is 2.02. The molecule has 0 radical (unpaired) electrons. The Morgan fingerprint density at radius 3 is 1.38 bits per heavy atom. The molecular weight excluding hydrogens is 486 g/mol. The van der Waals surface area contributed by atoms with Crippen molar-refractivity contribution in [1.82, 2.24) is 14.1 Å². The van der Waals surface area contributed by atoms with Crippen LogP contribution in [0.5, 0.6) is 0 Å². The summed E-state index contributed by atoms with van der Waals surface area (Å²) in [7, 11) is 0. The quantitative estimate of drug-likeness (QED) is 0.213. The van der Waals surface area contributed by atoms with Crippen LogP contribution in [0.15, 0.2) is 140 Å². The average molecular weight is 510 g/mol. The Labute approximate surface area is 230 Å². The van der Waals surface area contributed by atoms with Gasteiger partial charge in [0, 0.05) is 38.0 Å². The molecule has 186 valence electrons. The molecule has 3 heterocycles. The molecule has 0 aliphatic carbocycles. The zero-order chi connectivity index (χ0) is 26.2. The molecule has 0 saturated heterocycles. The van der Waals surface area contributed by atoms with E-state index in [2.05, 4.69) is 143 Å². The third kappa shape index (κ3) is 2.92. The Morgan fingerprint density at radius 1 is 0.375 bits per heavy atom. The molecule has 0 aliphatic heterocycles. The van der Waals surface area contributed by atoms with Crippen LogP contribution in [-0.4, -0.2) is 14.1 Å². The molecule has 6 aromatic carbocycles. The summed E-state index contributed by atoms with van der Waals surface area (Å²) in [6, 6.07) is 47.9. The Hall–Kier alpha value is -5.41. The van der Waals surface area contributed by atoms with Gasteiger partial charge in [0.15, 0.2) is 0 Å². The van der Waals surface area contributed by atoms with E-state index in [-0.39, 0.29) is 0 Å². The fourth-order valence-electron chi connectivity index (χ4n) is 6.57. The van der Waals surface area contributed by atoms with Gasteiger partial charge in [-0.05, 0) is 47.9 Å². The van der Waals surface area contributed by atoms with Gasteiger partial charge in [-0.3, -0.25) is 4.98 Å². The van der Waals surface area contributed by atoms with Crippen molar-refractivity contribution in [2.75, 3.05) is 0 Å². The first-order chi connectivity index (χ1) is 19.8. The average Bonchev–Trinajstić information content (AvgIpc) is 3.54. The highest BCUT2D eigenvalue weighted by Crippen LogP contribution is 2.35. The summed E-state index contributed by atoms with van der Waals surface area (Å²) in [5.74, 6) is 0. The highest BCUT2D eigenvalue weighted by Gasteiger charge is 2.14. The first-order valence-electron chi connectivity index (χ1n) is 13.6. The van der Waals surface area contributed by atoms with Crippen molar-refractivity contribution < 1.29 is 0 Å². The minimum Gasteiger partial charge on any atom is -0.309 e. The minimum atomic E-state index is 1.02. The molecule has 3 aromatic heterocycles. The van der Waals surface area contributed by atoms with Crippen LogP contribution in [0, 0.1) is 0 Å². The van der Waals surface area contributed by atoms with Crippen LogP contribution in [-0.2, 0) is 0 Å². The minimum absolute atomic E-state index is 1.02. The highest BCUT2D eigenvalue weighted by atomic mass is 15.0. The second-order valence-corrected chi connectivity index (χ2v) is 10.5. The number of aromatic nitrogens is 3. The Morgan fingerprint density at radius 2 is 0.825 bits per heavy atom. The largest absolute Gasteiger partial charge is 0.309 e. The summed E-state index contributed by atoms with van der Waals surface area (Å²) in [4.78, 5) is 5.04. The van der Waals surface area contributed by atoms with Crippen molar-refractivity contribution in [2.45, 2.75) is 0 Å². The fraction of sp³-hybridized carbons (Fsp3) is 0. The number of pyridine rings is 1. The second kappa shape index (κ2) is 8.05. The summed E-state index contributed by atoms with van der Waals surface area (Å²) < 4.78 is 4.69. The van der Waals surface area contributed by atoms with Crippen molar-refractivity contribution in [3.63, 3.8) is 0 Å². The van der Waals surface area contributed by atoms with Crippen LogP contribution < -0.4 is 0 Å². The molecule has 40 heavy (non-hydrogen) atoms. The van der Waals surface area contributed by atoms with E-state index in [0.717, 1.165) is 27.7 Å². The van der Waals surface area contributed by atoms with Crippen molar-refractivity contribution >= 4 is 65.3 Å². The lowest BCUT2D eigenvalue weighted by Gasteiger charge is -2.12. The Balaban J connectivity index is 1.24. The van der Waals surface area contributed by atoms with E-state index in [1.807, 2.05) is 6.20 Å². The lowest BCUT2D eigenvalue weighted by atomic mass is 10.0. The zero-order valence-electron chi connectivity index (χ0n) is 21.6. The standard InChI is InChI=1S/C37H23N3/c1-5-13-33-29(9-1)30-10-2-6-14-34(30)39(33)26-19-20-28-24(21-26)17-18-25-22-27(23-38-37(25)28)40-35-15-7-3-11-31(35)32-12-4-8-16-36(32)40/h1-23H. The van der Waals surface area contributed by atoms with Crippen molar-refractivity contribution in [1.29, 1.82) is 0 Å². The van der Waals surface area contributed by atoms with Crippen molar-refractivity contribution in [3.8, 4) is 11.4 Å². The molecule has 0 saturated carbocycles. The number of nitrogens with zero attached hydrogens (tertiary/aromatic N) is 3. The second-order valence-electron chi connectivity index (χ2n) is 10.5. The third-order valence-electron chi connectivity index (χ3n) is 8.31. The Bertz CT molecular complexity index is 2160. The van der Waals surface area contributed by atoms with E-state index in [4.69, 9.17) is 4.98 Å². The summed E-state index contributed by atoms with van der Waals surface area (Å²) in [5, 5.41) is 8.55. The smallest absolute Gasteiger partial charge is 0.0781 e. The molecule has 9 aromatic rings. The molecule has 0 aliphatic rings. The van der Waals surface area contributed by atoms with Gasteiger partial charge in [0.1, 0.15) is 0 Å². The van der Waals surface area contributed by atoms with E-state index in [9.17, 15) is 0 Å². The van der Waals surface area contributed by atoms with E-state index >= 15 is 0 Å². The van der Waals surface area contributed by atoms with Crippen molar-refractivity contribution in [3.05, 3.63) is 140 Å². The highest BCUT2D eigenvalue weighted by molar-refractivity contribution is 6.11. The van der Waals surface area contributed by atoms with E-state index in [1.54, 1.807) is 0 Å². The molecule has 0 atom stereocenters. The first kappa shape index (κ1) is 21.5. The lowest BCUT2D eigenvalue weighted by molar-refractivity contribution is 1.16. The maximum atomic E-state index is 5.04. The van der Waals surface area contributed by atoms with Crippen molar-refractivity contribution in [2.24, 2.45) is 0 Å². The van der Waals surface area contributed by atoms with Gasteiger partial charge in [-0.25, -0.2) is 0 Å². The van der Waals surface area contributed by atoms with Crippen LogP contribution in [0.4, 0.5) is 0 Å². The number of hydrogen-bond acceptors (Lipinski definition) is 1. The number of hydrogen-bond donors (Lipinski definition) is 0. The summed E-state index contributed by atoms with van der Waals surface area (Å²) >= 11 is 0. The van der Waals surface area contributed by atoms with Gasteiger partial charge in [0.2, 0.25) is 0 Å². The van der Waals surface area contributed by atoms with Gasteiger partial charge in [-0.2, -0.15) is 0 Å². The van der Waals surface area contributed by atoms with Gasteiger partial charge in [0.05, 0.1) is 39.5 Å². The predicted molar refractivity (Wildman–Crippen MR) is 168 cm³/mol.